The zero-order chi connectivity index (χ0) is 12.7. The number of hydrogen-bond acceptors (Lipinski definition) is 4. The van der Waals surface area contributed by atoms with Gasteiger partial charge in [-0.05, 0) is 34.8 Å². The highest BCUT2D eigenvalue weighted by atomic mass is 79.9. The highest BCUT2D eigenvalue weighted by Crippen LogP contribution is 2.17. The first-order chi connectivity index (χ1) is 8.65. The standard InChI is InChI=1S/C12H12BrN3O2/c13-7-5-9-11(14-6-7)12(18)16-4-3-8(17)1-2-10(16)15-9/h5-6,8,17H,1-4H2. The first-order valence-electron chi connectivity index (χ1n) is 5.88. The summed E-state index contributed by atoms with van der Waals surface area (Å²) in [6.07, 6.45) is 3.12. The van der Waals surface area contributed by atoms with Gasteiger partial charge in [-0.3, -0.25) is 9.36 Å². The van der Waals surface area contributed by atoms with Crippen LogP contribution in [0.4, 0.5) is 0 Å². The van der Waals surface area contributed by atoms with Crippen molar-refractivity contribution >= 4 is 27.0 Å². The molecule has 1 aliphatic rings. The van der Waals surface area contributed by atoms with Crippen LogP contribution in [0.15, 0.2) is 21.5 Å². The van der Waals surface area contributed by atoms with E-state index in [0.29, 0.717) is 36.8 Å². The van der Waals surface area contributed by atoms with Crippen LogP contribution in [0.5, 0.6) is 0 Å². The molecule has 0 aliphatic carbocycles. The Balaban J connectivity index is 2.26. The molecule has 1 atom stereocenters. The monoisotopic (exact) mass is 309 g/mol. The Bertz CT molecular complexity index is 668. The van der Waals surface area contributed by atoms with E-state index in [1.807, 2.05) is 0 Å². The minimum Gasteiger partial charge on any atom is -0.393 e. The third kappa shape index (κ3) is 1.95. The molecule has 1 aliphatic heterocycles. The van der Waals surface area contributed by atoms with Crippen LogP contribution in [0.1, 0.15) is 18.7 Å². The topological polar surface area (TPSA) is 68.0 Å². The molecule has 0 fully saturated rings. The fourth-order valence-corrected chi connectivity index (χ4v) is 2.58. The zero-order valence-corrected chi connectivity index (χ0v) is 11.2. The molecule has 0 amide bonds. The average molecular weight is 310 g/mol. The first-order valence-corrected chi connectivity index (χ1v) is 6.67. The Kier molecular flexibility index (Phi) is 2.91. The van der Waals surface area contributed by atoms with Crippen LogP contribution < -0.4 is 5.56 Å². The Hall–Kier alpha value is -1.27. The van der Waals surface area contributed by atoms with Gasteiger partial charge in [0.15, 0.2) is 5.52 Å². The number of pyridine rings is 1. The normalized spacial score (nSPS) is 19.6. The Morgan fingerprint density at radius 1 is 1.44 bits per heavy atom. The number of aliphatic hydroxyl groups excluding tert-OH is 1. The maximum absolute atomic E-state index is 12.3. The lowest BCUT2D eigenvalue weighted by Gasteiger charge is -2.09. The molecule has 1 unspecified atom stereocenters. The summed E-state index contributed by atoms with van der Waals surface area (Å²) in [4.78, 5) is 20.9. The molecule has 3 rings (SSSR count). The summed E-state index contributed by atoms with van der Waals surface area (Å²) in [5.74, 6) is 0.740. The molecule has 3 heterocycles. The fraction of sp³-hybridized carbons (Fsp3) is 0.417. The number of halogens is 1. The van der Waals surface area contributed by atoms with Gasteiger partial charge in [0.2, 0.25) is 0 Å². The lowest BCUT2D eigenvalue weighted by molar-refractivity contribution is 0.155. The number of aromatic nitrogens is 3. The van der Waals surface area contributed by atoms with Crippen LogP contribution >= 0.6 is 15.9 Å². The van der Waals surface area contributed by atoms with E-state index in [1.165, 1.54) is 0 Å². The van der Waals surface area contributed by atoms with Gasteiger partial charge >= 0.3 is 0 Å². The van der Waals surface area contributed by atoms with Gasteiger partial charge in [-0.25, -0.2) is 9.97 Å². The summed E-state index contributed by atoms with van der Waals surface area (Å²) in [7, 11) is 0. The van der Waals surface area contributed by atoms with E-state index in [9.17, 15) is 9.90 Å². The number of hydrogen-bond donors (Lipinski definition) is 1. The van der Waals surface area contributed by atoms with E-state index >= 15 is 0 Å². The summed E-state index contributed by atoms with van der Waals surface area (Å²) < 4.78 is 2.44. The van der Waals surface area contributed by atoms with Crippen molar-refractivity contribution in [2.24, 2.45) is 0 Å². The Morgan fingerprint density at radius 2 is 2.28 bits per heavy atom. The highest BCUT2D eigenvalue weighted by molar-refractivity contribution is 9.10. The molecular weight excluding hydrogens is 298 g/mol. The minimum absolute atomic E-state index is 0.114. The van der Waals surface area contributed by atoms with E-state index in [1.54, 1.807) is 16.8 Å². The molecule has 6 heteroatoms. The van der Waals surface area contributed by atoms with Crippen molar-refractivity contribution in [1.82, 2.24) is 14.5 Å². The van der Waals surface area contributed by atoms with Crippen molar-refractivity contribution in [3.8, 4) is 0 Å². The second-order valence-corrected chi connectivity index (χ2v) is 5.40. The van der Waals surface area contributed by atoms with Crippen LogP contribution in [0.3, 0.4) is 0 Å². The summed E-state index contributed by atoms with van der Waals surface area (Å²) in [6.45, 7) is 0.510. The second kappa shape index (κ2) is 4.44. The smallest absolute Gasteiger partial charge is 0.280 e. The second-order valence-electron chi connectivity index (χ2n) is 4.49. The number of aliphatic hydroxyl groups is 1. The minimum atomic E-state index is -0.353. The fourth-order valence-electron chi connectivity index (χ4n) is 2.26. The molecule has 0 aromatic carbocycles. The van der Waals surface area contributed by atoms with E-state index in [-0.39, 0.29) is 11.7 Å². The predicted molar refractivity (Wildman–Crippen MR) is 70.4 cm³/mol. The van der Waals surface area contributed by atoms with Gasteiger partial charge < -0.3 is 5.11 Å². The largest absolute Gasteiger partial charge is 0.393 e. The van der Waals surface area contributed by atoms with Gasteiger partial charge in [0.25, 0.3) is 5.56 Å². The van der Waals surface area contributed by atoms with Gasteiger partial charge in [-0.15, -0.1) is 0 Å². The van der Waals surface area contributed by atoms with Crippen molar-refractivity contribution in [2.75, 3.05) is 0 Å². The van der Waals surface area contributed by atoms with E-state index in [4.69, 9.17) is 0 Å². The number of rotatable bonds is 0. The molecule has 18 heavy (non-hydrogen) atoms. The van der Waals surface area contributed by atoms with Crippen LogP contribution in [-0.4, -0.2) is 25.7 Å². The molecule has 0 saturated heterocycles. The molecular formula is C12H12BrN3O2. The molecule has 94 valence electrons. The van der Waals surface area contributed by atoms with Crippen molar-refractivity contribution in [2.45, 2.75) is 31.9 Å². The summed E-state index contributed by atoms with van der Waals surface area (Å²) in [5, 5.41) is 9.67. The molecule has 1 N–H and O–H groups in total. The van der Waals surface area contributed by atoms with Gasteiger partial charge in [-0.2, -0.15) is 0 Å². The zero-order valence-electron chi connectivity index (χ0n) is 9.64. The van der Waals surface area contributed by atoms with E-state index in [2.05, 4.69) is 25.9 Å². The summed E-state index contributed by atoms with van der Waals surface area (Å²) in [5.41, 5.74) is 0.881. The van der Waals surface area contributed by atoms with Crippen LogP contribution in [0.2, 0.25) is 0 Å². The van der Waals surface area contributed by atoms with Crippen LogP contribution in [0, 0.1) is 0 Å². The van der Waals surface area contributed by atoms with Crippen molar-refractivity contribution in [1.29, 1.82) is 0 Å². The predicted octanol–water partition coefficient (Wildman–Crippen LogP) is 1.25. The number of fused-ring (bicyclic) bond motifs is 2. The van der Waals surface area contributed by atoms with Crippen molar-refractivity contribution in [3.63, 3.8) is 0 Å². The van der Waals surface area contributed by atoms with Gasteiger partial charge in [0, 0.05) is 23.6 Å². The third-order valence-corrected chi connectivity index (χ3v) is 3.66. The molecule has 0 spiro atoms. The van der Waals surface area contributed by atoms with Crippen LogP contribution in [-0.2, 0) is 13.0 Å². The lowest BCUT2D eigenvalue weighted by Crippen LogP contribution is -2.25. The third-order valence-electron chi connectivity index (χ3n) is 3.23. The van der Waals surface area contributed by atoms with Crippen LogP contribution in [0.25, 0.3) is 11.0 Å². The molecule has 0 bridgehead atoms. The highest BCUT2D eigenvalue weighted by Gasteiger charge is 2.18. The number of nitrogens with zero attached hydrogens (tertiary/aromatic N) is 3. The summed E-state index contributed by atoms with van der Waals surface area (Å²) >= 11 is 3.33. The molecule has 2 aromatic heterocycles. The Morgan fingerprint density at radius 3 is 3.11 bits per heavy atom. The first kappa shape index (κ1) is 11.8. The van der Waals surface area contributed by atoms with Crippen molar-refractivity contribution < 1.29 is 5.11 Å². The maximum Gasteiger partial charge on any atom is 0.280 e. The quantitative estimate of drug-likeness (QED) is 0.795. The van der Waals surface area contributed by atoms with Crippen molar-refractivity contribution in [3.05, 3.63) is 32.9 Å². The average Bonchev–Trinajstić information content (AvgIpc) is 2.52. The van der Waals surface area contributed by atoms with Gasteiger partial charge in [-0.1, -0.05) is 0 Å². The molecule has 0 radical (unpaired) electrons. The molecule has 5 nitrogen and oxygen atoms in total. The maximum atomic E-state index is 12.3. The lowest BCUT2D eigenvalue weighted by atomic mass is 10.1. The molecule has 0 saturated carbocycles. The Labute approximate surface area is 112 Å². The van der Waals surface area contributed by atoms with E-state index < -0.39 is 0 Å². The van der Waals surface area contributed by atoms with Gasteiger partial charge in [0.05, 0.1) is 11.6 Å². The SMILES string of the molecule is O=c1c2ncc(Br)cc2nc2n1CCC(O)CC2. The number of aryl methyl sites for hydroxylation is 1. The van der Waals surface area contributed by atoms with E-state index in [0.717, 1.165) is 10.3 Å². The van der Waals surface area contributed by atoms with Gasteiger partial charge in [0.1, 0.15) is 5.82 Å². The molecule has 2 aromatic rings. The summed E-state index contributed by atoms with van der Waals surface area (Å²) in [6, 6.07) is 1.80.